The third-order valence-corrected chi connectivity index (χ3v) is 3.30. The minimum absolute atomic E-state index is 0.146. The Hall–Kier alpha value is -2.34. The quantitative estimate of drug-likeness (QED) is 0.852. The largest absolute Gasteiger partial charge is 0.487 e. The maximum atomic E-state index is 11.9. The van der Waals surface area contributed by atoms with Crippen LogP contribution in [0.3, 0.4) is 0 Å². The maximum Gasteiger partial charge on any atom is 0.271 e. The first kappa shape index (κ1) is 16.0. The number of nitrogens with one attached hydrogen (secondary N) is 2. The second-order valence-corrected chi connectivity index (χ2v) is 5.00. The van der Waals surface area contributed by atoms with Crippen LogP contribution in [-0.2, 0) is 0 Å². The fourth-order valence-electron chi connectivity index (χ4n) is 1.76. The summed E-state index contributed by atoms with van der Waals surface area (Å²) in [4.78, 5) is 22.8. The van der Waals surface area contributed by atoms with Gasteiger partial charge in [-0.25, -0.2) is 5.10 Å². The van der Waals surface area contributed by atoms with Gasteiger partial charge in [-0.2, -0.15) is 5.10 Å². The number of carbonyl (C=O) groups is 1. The van der Waals surface area contributed by atoms with Gasteiger partial charge in [0.15, 0.2) is 0 Å². The topological polar surface area (TPSA) is 84.1 Å². The summed E-state index contributed by atoms with van der Waals surface area (Å²) in [5, 5.41) is 9.12. The van der Waals surface area contributed by atoms with Gasteiger partial charge < -0.3 is 10.1 Å². The van der Waals surface area contributed by atoms with Crippen molar-refractivity contribution in [1.29, 1.82) is 0 Å². The first-order valence-corrected chi connectivity index (χ1v) is 7.23. The van der Waals surface area contributed by atoms with E-state index in [1.807, 2.05) is 19.1 Å². The van der Waals surface area contributed by atoms with Gasteiger partial charge in [0.2, 0.25) is 0 Å². The Bertz CT molecular complexity index is 682. The molecular formula is C15H16ClN3O3. The first-order chi connectivity index (χ1) is 10.6. The molecule has 2 rings (SSSR count). The Balaban J connectivity index is 1.93. The molecule has 116 valence electrons. The molecule has 0 aliphatic carbocycles. The lowest BCUT2D eigenvalue weighted by Crippen LogP contribution is -2.35. The van der Waals surface area contributed by atoms with Crippen molar-refractivity contribution in [2.75, 3.05) is 6.54 Å². The maximum absolute atomic E-state index is 11.9. The van der Waals surface area contributed by atoms with Crippen LogP contribution >= 0.6 is 11.6 Å². The first-order valence-electron chi connectivity index (χ1n) is 6.85. The van der Waals surface area contributed by atoms with Crippen molar-refractivity contribution in [2.45, 2.75) is 19.4 Å². The van der Waals surface area contributed by atoms with Crippen molar-refractivity contribution in [3.63, 3.8) is 0 Å². The number of nitrogens with zero attached hydrogens (tertiary/aromatic N) is 1. The van der Waals surface area contributed by atoms with E-state index in [-0.39, 0.29) is 23.3 Å². The van der Waals surface area contributed by atoms with Crippen LogP contribution < -0.4 is 15.6 Å². The molecule has 1 heterocycles. The molecule has 0 radical (unpaired) electrons. The number of para-hydroxylation sites is 1. The van der Waals surface area contributed by atoms with Gasteiger partial charge in [0.25, 0.3) is 11.5 Å². The van der Waals surface area contributed by atoms with Crippen LogP contribution in [0.25, 0.3) is 0 Å². The molecule has 0 spiro atoms. The fraction of sp³-hybridized carbons (Fsp3) is 0.267. The highest BCUT2D eigenvalue weighted by Gasteiger charge is 2.13. The lowest BCUT2D eigenvalue weighted by atomic mass is 10.2. The van der Waals surface area contributed by atoms with Crippen molar-refractivity contribution >= 4 is 17.5 Å². The molecule has 1 aromatic carbocycles. The number of H-pyrrole nitrogens is 1. The van der Waals surface area contributed by atoms with Crippen LogP contribution in [0.4, 0.5) is 0 Å². The molecule has 0 fully saturated rings. The van der Waals surface area contributed by atoms with Gasteiger partial charge in [0.1, 0.15) is 17.5 Å². The minimum Gasteiger partial charge on any atom is -0.487 e. The molecule has 1 aromatic heterocycles. The third-order valence-electron chi connectivity index (χ3n) is 2.99. The van der Waals surface area contributed by atoms with Crippen LogP contribution in [0.5, 0.6) is 5.75 Å². The minimum atomic E-state index is -0.377. The number of ether oxygens (including phenoxy) is 1. The van der Waals surface area contributed by atoms with Crippen molar-refractivity contribution in [2.24, 2.45) is 0 Å². The standard InChI is InChI=1S/C15H16ClN3O3/c1-2-10(22-13-6-4-3-5-11(13)16)9-17-15(21)12-7-8-14(20)19-18-12/h3-8,10H,2,9H2,1H3,(H,17,21)(H,19,20)/t10-/m1/s1. The number of benzene rings is 1. The summed E-state index contributed by atoms with van der Waals surface area (Å²) in [6.45, 7) is 2.26. The zero-order chi connectivity index (χ0) is 15.9. The van der Waals surface area contributed by atoms with Crippen molar-refractivity contribution < 1.29 is 9.53 Å². The normalized spacial score (nSPS) is 11.7. The fourth-order valence-corrected chi connectivity index (χ4v) is 1.94. The molecule has 7 heteroatoms. The molecule has 1 atom stereocenters. The zero-order valence-electron chi connectivity index (χ0n) is 12.0. The van der Waals surface area contributed by atoms with E-state index >= 15 is 0 Å². The van der Waals surface area contributed by atoms with E-state index < -0.39 is 0 Å². The van der Waals surface area contributed by atoms with Gasteiger partial charge in [0.05, 0.1) is 11.6 Å². The Morgan fingerprint density at radius 2 is 2.14 bits per heavy atom. The molecule has 6 nitrogen and oxygen atoms in total. The lowest BCUT2D eigenvalue weighted by molar-refractivity contribution is 0.0920. The molecule has 0 unspecified atom stereocenters. The summed E-state index contributed by atoms with van der Waals surface area (Å²) in [6.07, 6.45) is 0.483. The summed E-state index contributed by atoms with van der Waals surface area (Å²) in [5.74, 6) is 0.199. The monoisotopic (exact) mass is 321 g/mol. The Morgan fingerprint density at radius 1 is 1.36 bits per heavy atom. The molecule has 0 aliphatic heterocycles. The molecule has 2 N–H and O–H groups in total. The highest BCUT2D eigenvalue weighted by Crippen LogP contribution is 2.24. The van der Waals surface area contributed by atoms with Gasteiger partial charge in [-0.3, -0.25) is 9.59 Å². The Labute approximate surface area is 132 Å². The van der Waals surface area contributed by atoms with Gasteiger partial charge in [0, 0.05) is 6.07 Å². The van der Waals surface area contributed by atoms with E-state index in [2.05, 4.69) is 15.5 Å². The van der Waals surface area contributed by atoms with E-state index in [1.54, 1.807) is 12.1 Å². The van der Waals surface area contributed by atoms with Gasteiger partial charge in [-0.1, -0.05) is 30.7 Å². The Kier molecular flexibility index (Phi) is 5.55. The SMILES string of the molecule is CC[C@H](CNC(=O)c1ccc(=O)[nH]n1)Oc1ccccc1Cl. The number of hydrogen-bond donors (Lipinski definition) is 2. The van der Waals surface area contributed by atoms with Crippen LogP contribution in [0.1, 0.15) is 23.8 Å². The van der Waals surface area contributed by atoms with Gasteiger partial charge >= 0.3 is 0 Å². The van der Waals surface area contributed by atoms with E-state index in [1.165, 1.54) is 12.1 Å². The molecular weight excluding hydrogens is 306 g/mol. The number of amides is 1. The molecule has 0 saturated heterocycles. The molecule has 1 amide bonds. The van der Waals surface area contributed by atoms with E-state index in [9.17, 15) is 9.59 Å². The second-order valence-electron chi connectivity index (χ2n) is 4.59. The number of carbonyl (C=O) groups excluding carboxylic acids is 1. The number of hydrogen-bond acceptors (Lipinski definition) is 4. The van der Waals surface area contributed by atoms with Crippen molar-refractivity contribution in [3.05, 3.63) is 57.5 Å². The summed E-state index contributed by atoms with van der Waals surface area (Å²) < 4.78 is 5.77. The molecule has 2 aromatic rings. The molecule has 22 heavy (non-hydrogen) atoms. The van der Waals surface area contributed by atoms with Gasteiger partial charge in [-0.15, -0.1) is 0 Å². The highest BCUT2D eigenvalue weighted by atomic mass is 35.5. The highest BCUT2D eigenvalue weighted by molar-refractivity contribution is 6.32. The number of rotatable bonds is 6. The van der Waals surface area contributed by atoms with Crippen LogP contribution in [-0.4, -0.2) is 28.8 Å². The van der Waals surface area contributed by atoms with Crippen LogP contribution in [0.15, 0.2) is 41.2 Å². The van der Waals surface area contributed by atoms with Crippen LogP contribution in [0, 0.1) is 0 Å². The molecule has 0 bridgehead atoms. The second kappa shape index (κ2) is 7.61. The van der Waals surface area contributed by atoms with Crippen molar-refractivity contribution in [1.82, 2.24) is 15.5 Å². The number of aromatic nitrogens is 2. The van der Waals surface area contributed by atoms with Gasteiger partial charge in [-0.05, 0) is 24.6 Å². The number of aromatic amines is 1. The van der Waals surface area contributed by atoms with E-state index in [0.29, 0.717) is 23.7 Å². The zero-order valence-corrected chi connectivity index (χ0v) is 12.8. The molecule has 0 aliphatic rings. The summed E-state index contributed by atoms with van der Waals surface area (Å²) in [5.41, 5.74) is -0.211. The summed E-state index contributed by atoms with van der Waals surface area (Å²) >= 11 is 6.04. The van der Waals surface area contributed by atoms with E-state index in [4.69, 9.17) is 16.3 Å². The Morgan fingerprint density at radius 3 is 2.77 bits per heavy atom. The summed E-state index contributed by atoms with van der Waals surface area (Å²) in [7, 11) is 0. The summed E-state index contributed by atoms with van der Waals surface area (Å²) in [6, 6.07) is 9.78. The third kappa shape index (κ3) is 4.33. The smallest absolute Gasteiger partial charge is 0.271 e. The van der Waals surface area contributed by atoms with Crippen LogP contribution in [0.2, 0.25) is 5.02 Å². The average molecular weight is 322 g/mol. The number of halogens is 1. The predicted molar refractivity (Wildman–Crippen MR) is 83.3 cm³/mol. The molecule has 0 saturated carbocycles. The average Bonchev–Trinajstić information content (AvgIpc) is 2.53. The van der Waals surface area contributed by atoms with E-state index in [0.717, 1.165) is 0 Å². The van der Waals surface area contributed by atoms with Crippen molar-refractivity contribution in [3.8, 4) is 5.75 Å². The lowest BCUT2D eigenvalue weighted by Gasteiger charge is -2.18. The predicted octanol–water partition coefficient (Wildman–Crippen LogP) is 2.01.